The van der Waals surface area contributed by atoms with Gasteiger partial charge in [-0.1, -0.05) is 13.0 Å². The molecule has 0 aromatic heterocycles. The number of aliphatic imine (C=N–C) groups is 1. The van der Waals surface area contributed by atoms with Crippen LogP contribution >= 0.6 is 11.6 Å². The molecular formula is C14H23ClN2O2. The highest BCUT2D eigenvalue weighted by atomic mass is 35.5. The summed E-state index contributed by atoms with van der Waals surface area (Å²) in [5.41, 5.74) is -0.0895. The molecule has 2 aliphatic heterocycles. The molecule has 1 saturated heterocycles. The van der Waals surface area contributed by atoms with Gasteiger partial charge in [0.05, 0.1) is 12.6 Å². The van der Waals surface area contributed by atoms with Crippen molar-refractivity contribution in [2.75, 3.05) is 38.7 Å². The van der Waals surface area contributed by atoms with Gasteiger partial charge in [0.15, 0.2) is 0 Å². The number of ether oxygens (including phenoxy) is 1. The van der Waals surface area contributed by atoms with Gasteiger partial charge in [0, 0.05) is 30.9 Å². The maximum absolute atomic E-state index is 9.27. The average molecular weight is 287 g/mol. The molecule has 0 saturated carbocycles. The van der Waals surface area contributed by atoms with E-state index in [-0.39, 0.29) is 12.0 Å². The predicted molar refractivity (Wildman–Crippen MR) is 77.8 cm³/mol. The lowest BCUT2D eigenvalue weighted by Crippen LogP contribution is -2.60. The van der Waals surface area contributed by atoms with E-state index in [1.807, 2.05) is 6.08 Å². The van der Waals surface area contributed by atoms with Gasteiger partial charge in [-0.05, 0) is 18.9 Å². The van der Waals surface area contributed by atoms with Crippen LogP contribution in [0.4, 0.5) is 0 Å². The van der Waals surface area contributed by atoms with Crippen LogP contribution in [0.5, 0.6) is 0 Å². The zero-order valence-corrected chi connectivity index (χ0v) is 12.4. The van der Waals surface area contributed by atoms with Crippen LogP contribution in [0.15, 0.2) is 17.1 Å². The van der Waals surface area contributed by atoms with Gasteiger partial charge >= 0.3 is 0 Å². The molecule has 2 atom stereocenters. The number of nitrogens with zero attached hydrogens (tertiary/aromatic N) is 2. The Balaban J connectivity index is 1.66. The Morgan fingerprint density at radius 3 is 2.84 bits per heavy atom. The number of likely N-dealkylation sites (tertiary alicyclic amines) is 1. The molecule has 2 aliphatic rings. The molecule has 2 heterocycles. The van der Waals surface area contributed by atoms with Crippen LogP contribution in [0, 0.1) is 11.3 Å². The van der Waals surface area contributed by atoms with Crippen molar-refractivity contribution in [3.8, 4) is 0 Å². The Hall–Kier alpha value is -0.580. The molecule has 108 valence electrons. The van der Waals surface area contributed by atoms with E-state index in [4.69, 9.17) is 16.3 Å². The van der Waals surface area contributed by atoms with Crippen LogP contribution < -0.4 is 0 Å². The topological polar surface area (TPSA) is 45.1 Å². The Bertz CT molecular complexity index is 358. The second-order valence-corrected chi connectivity index (χ2v) is 6.04. The summed E-state index contributed by atoms with van der Waals surface area (Å²) < 4.78 is 5.67. The molecule has 0 radical (unpaired) electrons. The van der Waals surface area contributed by atoms with Crippen molar-refractivity contribution in [3.63, 3.8) is 0 Å². The molecule has 2 rings (SSSR count). The van der Waals surface area contributed by atoms with Crippen molar-refractivity contribution >= 4 is 17.5 Å². The Morgan fingerprint density at radius 1 is 1.53 bits per heavy atom. The highest BCUT2D eigenvalue weighted by Gasteiger charge is 2.41. The first kappa shape index (κ1) is 14.8. The first-order valence-electron chi connectivity index (χ1n) is 6.86. The summed E-state index contributed by atoms with van der Waals surface area (Å²) in [7, 11) is 0. The summed E-state index contributed by atoms with van der Waals surface area (Å²) in [6.45, 7) is 7.62. The highest BCUT2D eigenvalue weighted by Crippen LogP contribution is 2.30. The first-order valence-corrected chi connectivity index (χ1v) is 7.40. The van der Waals surface area contributed by atoms with Gasteiger partial charge in [-0.25, -0.2) is 4.99 Å². The summed E-state index contributed by atoms with van der Waals surface area (Å²) in [6, 6.07) is 0.294. The lowest BCUT2D eigenvalue weighted by Gasteiger charge is -2.48. The van der Waals surface area contributed by atoms with E-state index < -0.39 is 0 Å². The zero-order valence-electron chi connectivity index (χ0n) is 11.7. The van der Waals surface area contributed by atoms with Crippen molar-refractivity contribution in [2.24, 2.45) is 16.3 Å². The highest BCUT2D eigenvalue weighted by molar-refractivity contribution is 6.18. The van der Waals surface area contributed by atoms with Gasteiger partial charge < -0.3 is 9.84 Å². The maximum Gasteiger partial charge on any atom is 0.208 e. The minimum absolute atomic E-state index is 0.0895. The second-order valence-electron chi connectivity index (χ2n) is 5.78. The van der Waals surface area contributed by atoms with Gasteiger partial charge in [-0.2, -0.15) is 0 Å². The fraction of sp³-hybridized carbons (Fsp3) is 0.786. The number of hydrogen-bond donors (Lipinski definition) is 1. The minimum Gasteiger partial charge on any atom is -0.477 e. The van der Waals surface area contributed by atoms with E-state index in [1.54, 1.807) is 0 Å². The SMILES string of the molecule is C[C@@H]1N=C(OCCN2CC(CO)(CCl)C2)C=C[C@@H]1C. The maximum atomic E-state index is 9.27. The second kappa shape index (κ2) is 6.25. The standard InChI is InChI=1S/C14H23ClN2O2/c1-11-3-4-13(16-12(11)2)19-6-5-17-8-14(7-15,9-17)10-18/h3-4,11-12,18H,5-10H2,1-2H3/t11-,12-/m0/s1. The summed E-state index contributed by atoms with van der Waals surface area (Å²) in [5.74, 6) is 1.74. The number of aliphatic hydroxyl groups is 1. The normalized spacial score (nSPS) is 29.8. The van der Waals surface area contributed by atoms with Crippen LogP contribution in [-0.4, -0.2) is 60.7 Å². The van der Waals surface area contributed by atoms with E-state index >= 15 is 0 Å². The number of halogens is 1. The Kier molecular flexibility index (Phi) is 4.87. The predicted octanol–water partition coefficient (Wildman–Crippen LogP) is 1.53. The number of rotatable bonds is 5. The number of hydrogen-bond acceptors (Lipinski definition) is 4. The summed E-state index contributed by atoms with van der Waals surface area (Å²) in [5, 5.41) is 9.27. The van der Waals surface area contributed by atoms with Crippen molar-refractivity contribution in [3.05, 3.63) is 12.2 Å². The van der Waals surface area contributed by atoms with Crippen LogP contribution in [-0.2, 0) is 4.74 Å². The monoisotopic (exact) mass is 286 g/mol. The molecule has 4 nitrogen and oxygen atoms in total. The summed E-state index contributed by atoms with van der Waals surface area (Å²) in [4.78, 5) is 6.74. The zero-order chi connectivity index (χ0) is 13.9. The lowest BCUT2D eigenvalue weighted by molar-refractivity contribution is -0.0299. The Morgan fingerprint density at radius 2 is 2.26 bits per heavy atom. The lowest BCUT2D eigenvalue weighted by atomic mass is 9.83. The third-order valence-electron chi connectivity index (χ3n) is 4.03. The molecule has 0 aromatic rings. The van der Waals surface area contributed by atoms with Crippen LogP contribution in [0.3, 0.4) is 0 Å². The fourth-order valence-corrected chi connectivity index (χ4v) is 2.66. The van der Waals surface area contributed by atoms with E-state index in [2.05, 4.69) is 29.8 Å². The molecule has 0 amide bonds. The summed E-state index contributed by atoms with van der Waals surface area (Å²) in [6.07, 6.45) is 4.10. The van der Waals surface area contributed by atoms with Gasteiger partial charge in [0.1, 0.15) is 6.61 Å². The molecule has 19 heavy (non-hydrogen) atoms. The quantitative estimate of drug-likeness (QED) is 0.780. The van der Waals surface area contributed by atoms with Crippen LogP contribution in [0.1, 0.15) is 13.8 Å². The number of dihydropyridines is 1. The molecule has 5 heteroatoms. The van der Waals surface area contributed by atoms with E-state index in [0.29, 0.717) is 24.4 Å². The van der Waals surface area contributed by atoms with E-state index in [1.165, 1.54) is 0 Å². The van der Waals surface area contributed by atoms with E-state index in [0.717, 1.165) is 25.5 Å². The molecule has 0 bridgehead atoms. The Labute approximate surface area is 120 Å². The third kappa shape index (κ3) is 3.50. The van der Waals surface area contributed by atoms with Crippen LogP contribution in [0.2, 0.25) is 0 Å². The number of aliphatic hydroxyl groups excluding tert-OH is 1. The molecule has 0 spiro atoms. The van der Waals surface area contributed by atoms with Crippen molar-refractivity contribution < 1.29 is 9.84 Å². The molecule has 1 N–H and O–H groups in total. The van der Waals surface area contributed by atoms with E-state index in [9.17, 15) is 5.11 Å². The third-order valence-corrected chi connectivity index (χ3v) is 4.60. The molecule has 0 aromatic carbocycles. The smallest absolute Gasteiger partial charge is 0.208 e. The first-order chi connectivity index (χ1) is 9.08. The molecular weight excluding hydrogens is 264 g/mol. The van der Waals surface area contributed by atoms with Crippen molar-refractivity contribution in [2.45, 2.75) is 19.9 Å². The van der Waals surface area contributed by atoms with Crippen molar-refractivity contribution in [1.29, 1.82) is 0 Å². The van der Waals surface area contributed by atoms with Gasteiger partial charge in [-0.15, -0.1) is 11.6 Å². The molecule has 0 unspecified atom stereocenters. The van der Waals surface area contributed by atoms with Crippen molar-refractivity contribution in [1.82, 2.24) is 4.90 Å². The number of alkyl halides is 1. The van der Waals surface area contributed by atoms with Gasteiger partial charge in [0.2, 0.25) is 5.90 Å². The fourth-order valence-electron chi connectivity index (χ4n) is 2.41. The molecule has 0 aliphatic carbocycles. The largest absolute Gasteiger partial charge is 0.477 e. The average Bonchev–Trinajstić information content (AvgIpc) is 2.37. The van der Waals surface area contributed by atoms with Crippen LogP contribution in [0.25, 0.3) is 0 Å². The van der Waals surface area contributed by atoms with Gasteiger partial charge in [-0.3, -0.25) is 4.90 Å². The summed E-state index contributed by atoms with van der Waals surface area (Å²) >= 11 is 5.86. The molecule has 1 fully saturated rings. The van der Waals surface area contributed by atoms with Gasteiger partial charge in [0.25, 0.3) is 0 Å². The minimum atomic E-state index is -0.0895.